The quantitative estimate of drug-likeness (QED) is 0.0924. The molecule has 0 bridgehead atoms. The van der Waals surface area contributed by atoms with Gasteiger partial charge in [-0.05, 0) is 33.9 Å². The van der Waals surface area contributed by atoms with Crippen LogP contribution in [0.1, 0.15) is 34.2 Å². The molecule has 0 aliphatic carbocycles. The summed E-state index contributed by atoms with van der Waals surface area (Å²) in [5.74, 6) is -0.347. The minimum Gasteiger partial charge on any atom is -0.450 e. The van der Waals surface area contributed by atoms with Crippen molar-refractivity contribution >= 4 is 12.0 Å². The van der Waals surface area contributed by atoms with Crippen molar-refractivity contribution in [1.82, 2.24) is 0 Å². The maximum absolute atomic E-state index is 13.4. The molecule has 1 heterocycles. The average Bonchev–Trinajstić information content (AvgIpc) is 3.38. The van der Waals surface area contributed by atoms with Crippen LogP contribution in [0.3, 0.4) is 0 Å². The predicted octanol–water partition coefficient (Wildman–Crippen LogP) is 7.98. The standard InChI is InChI=1S/C39H34O4/c40-37-33(26-31-16-6-1-7-17-31)27-38(43-37,29-41-28-32-18-8-2-9-19-32)30-42-39(34-20-10-3-11-21-34,35-22-12-4-13-23-35)36-24-14-5-15-25-36/h1-26H,27-30H2/b33-26+/t38-/m1/s1. The van der Waals surface area contributed by atoms with Crippen LogP contribution < -0.4 is 0 Å². The van der Waals surface area contributed by atoms with Gasteiger partial charge in [0.05, 0.1) is 19.8 Å². The first-order valence-corrected chi connectivity index (χ1v) is 14.6. The number of carbonyl (C=O) groups excluding carboxylic acids is 1. The summed E-state index contributed by atoms with van der Waals surface area (Å²) < 4.78 is 19.6. The van der Waals surface area contributed by atoms with Gasteiger partial charge in [0.1, 0.15) is 5.60 Å². The van der Waals surface area contributed by atoms with Crippen molar-refractivity contribution in [1.29, 1.82) is 0 Å². The van der Waals surface area contributed by atoms with E-state index >= 15 is 0 Å². The largest absolute Gasteiger partial charge is 0.450 e. The van der Waals surface area contributed by atoms with Gasteiger partial charge in [-0.15, -0.1) is 0 Å². The Hall–Kier alpha value is -4.77. The van der Waals surface area contributed by atoms with Crippen molar-refractivity contribution in [2.45, 2.75) is 24.2 Å². The van der Waals surface area contributed by atoms with Crippen molar-refractivity contribution < 1.29 is 19.0 Å². The van der Waals surface area contributed by atoms with Crippen LogP contribution in [0.5, 0.6) is 0 Å². The molecule has 214 valence electrons. The normalized spacial score (nSPS) is 17.6. The molecule has 0 spiro atoms. The highest BCUT2D eigenvalue weighted by Crippen LogP contribution is 2.43. The molecule has 5 aromatic carbocycles. The molecule has 6 rings (SSSR count). The van der Waals surface area contributed by atoms with Gasteiger partial charge in [-0.25, -0.2) is 4.79 Å². The molecule has 43 heavy (non-hydrogen) atoms. The monoisotopic (exact) mass is 566 g/mol. The fourth-order valence-electron chi connectivity index (χ4n) is 5.72. The zero-order valence-electron chi connectivity index (χ0n) is 24.0. The third-order valence-electron chi connectivity index (χ3n) is 7.79. The predicted molar refractivity (Wildman–Crippen MR) is 169 cm³/mol. The van der Waals surface area contributed by atoms with Gasteiger partial charge in [0.15, 0.2) is 5.60 Å². The Morgan fingerprint density at radius 3 is 1.60 bits per heavy atom. The van der Waals surface area contributed by atoms with E-state index in [4.69, 9.17) is 14.2 Å². The average molecular weight is 567 g/mol. The summed E-state index contributed by atoms with van der Waals surface area (Å²) in [6.45, 7) is 0.714. The smallest absolute Gasteiger partial charge is 0.334 e. The van der Waals surface area contributed by atoms with Gasteiger partial charge in [0, 0.05) is 12.0 Å². The van der Waals surface area contributed by atoms with E-state index in [0.29, 0.717) is 18.6 Å². The van der Waals surface area contributed by atoms with Gasteiger partial charge >= 0.3 is 5.97 Å². The van der Waals surface area contributed by atoms with E-state index in [1.54, 1.807) is 0 Å². The SMILES string of the molecule is O=C1O[C@](COCc2ccccc2)(COC(c2ccccc2)(c2ccccc2)c2ccccc2)C/C1=C\c1ccccc1. The van der Waals surface area contributed by atoms with E-state index in [9.17, 15) is 4.79 Å². The third kappa shape index (κ3) is 6.36. The summed E-state index contributed by atoms with van der Waals surface area (Å²) >= 11 is 0. The number of ether oxygens (including phenoxy) is 3. The van der Waals surface area contributed by atoms with Gasteiger partial charge in [-0.1, -0.05) is 152 Å². The highest BCUT2D eigenvalue weighted by molar-refractivity contribution is 5.96. The summed E-state index contributed by atoms with van der Waals surface area (Å²) in [5, 5.41) is 0. The second-order valence-corrected chi connectivity index (χ2v) is 10.9. The molecule has 1 saturated heterocycles. The van der Waals surface area contributed by atoms with Crippen molar-refractivity contribution in [2.75, 3.05) is 13.2 Å². The summed E-state index contributed by atoms with van der Waals surface area (Å²) in [6.07, 6.45) is 2.27. The van der Waals surface area contributed by atoms with Crippen molar-refractivity contribution in [2.24, 2.45) is 0 Å². The van der Waals surface area contributed by atoms with Gasteiger partial charge in [-0.3, -0.25) is 0 Å². The maximum atomic E-state index is 13.4. The van der Waals surface area contributed by atoms with E-state index in [-0.39, 0.29) is 19.2 Å². The number of benzene rings is 5. The highest BCUT2D eigenvalue weighted by atomic mass is 16.6. The first-order chi connectivity index (χ1) is 21.2. The molecule has 0 amide bonds. The minimum atomic E-state index is -1.02. The Bertz CT molecular complexity index is 1540. The van der Waals surface area contributed by atoms with Crippen LogP contribution in [0.15, 0.2) is 157 Å². The number of esters is 1. The van der Waals surface area contributed by atoms with E-state index in [2.05, 4.69) is 36.4 Å². The summed E-state index contributed by atoms with van der Waals surface area (Å²) in [5.41, 5.74) is 3.58. The van der Waals surface area contributed by atoms with Gasteiger partial charge in [-0.2, -0.15) is 0 Å². The molecule has 1 atom stereocenters. The van der Waals surface area contributed by atoms with Crippen LogP contribution >= 0.6 is 0 Å². The zero-order chi connectivity index (χ0) is 29.4. The highest BCUT2D eigenvalue weighted by Gasteiger charge is 2.48. The third-order valence-corrected chi connectivity index (χ3v) is 7.79. The number of hydrogen-bond donors (Lipinski definition) is 0. The Morgan fingerprint density at radius 2 is 1.09 bits per heavy atom. The first kappa shape index (κ1) is 28.4. The fourth-order valence-corrected chi connectivity index (χ4v) is 5.72. The van der Waals surface area contributed by atoms with Gasteiger partial charge in [0.2, 0.25) is 0 Å². The van der Waals surface area contributed by atoms with Crippen LogP contribution in [-0.4, -0.2) is 24.8 Å². The van der Waals surface area contributed by atoms with E-state index in [1.165, 1.54) is 0 Å². The lowest BCUT2D eigenvalue weighted by Gasteiger charge is -2.39. The molecule has 4 heteroatoms. The molecular weight excluding hydrogens is 532 g/mol. The Kier molecular flexibility index (Phi) is 8.60. The van der Waals surface area contributed by atoms with Crippen LogP contribution in [-0.2, 0) is 31.2 Å². The van der Waals surface area contributed by atoms with Gasteiger partial charge < -0.3 is 14.2 Å². The lowest BCUT2D eigenvalue weighted by molar-refractivity contribution is -0.167. The summed E-state index contributed by atoms with van der Waals surface area (Å²) in [4.78, 5) is 13.4. The summed E-state index contributed by atoms with van der Waals surface area (Å²) in [7, 11) is 0. The molecule has 0 aromatic heterocycles. The minimum absolute atomic E-state index is 0.123. The second kappa shape index (κ2) is 13.0. The molecule has 0 saturated carbocycles. The van der Waals surface area contributed by atoms with Crippen molar-refractivity contribution in [3.63, 3.8) is 0 Å². The van der Waals surface area contributed by atoms with E-state index in [0.717, 1.165) is 27.8 Å². The van der Waals surface area contributed by atoms with Crippen LogP contribution in [0.25, 0.3) is 6.08 Å². The number of cyclic esters (lactones) is 1. The summed E-state index contributed by atoms with van der Waals surface area (Å²) in [6, 6.07) is 50.5. The molecule has 4 nitrogen and oxygen atoms in total. The van der Waals surface area contributed by atoms with E-state index in [1.807, 2.05) is 121 Å². The van der Waals surface area contributed by atoms with Gasteiger partial charge in [0.25, 0.3) is 0 Å². The number of carbonyl (C=O) groups is 1. The molecule has 0 radical (unpaired) electrons. The Labute approximate surface area is 253 Å². The van der Waals surface area contributed by atoms with Crippen LogP contribution in [0.4, 0.5) is 0 Å². The lowest BCUT2D eigenvalue weighted by Crippen LogP contribution is -2.44. The molecule has 5 aromatic rings. The Balaban J connectivity index is 1.38. The van der Waals surface area contributed by atoms with Crippen LogP contribution in [0.2, 0.25) is 0 Å². The molecule has 0 N–H and O–H groups in total. The first-order valence-electron chi connectivity index (χ1n) is 14.6. The fraction of sp³-hybridized carbons (Fsp3) is 0.154. The lowest BCUT2D eigenvalue weighted by atomic mass is 9.80. The maximum Gasteiger partial charge on any atom is 0.334 e. The topological polar surface area (TPSA) is 44.8 Å². The second-order valence-electron chi connectivity index (χ2n) is 10.9. The number of rotatable bonds is 11. The molecular formula is C39H34O4. The van der Waals surface area contributed by atoms with Crippen LogP contribution in [0, 0.1) is 0 Å². The molecule has 1 aliphatic rings. The molecule has 0 unspecified atom stereocenters. The van der Waals surface area contributed by atoms with Crippen molar-refractivity contribution in [3.05, 3.63) is 185 Å². The zero-order valence-corrected chi connectivity index (χ0v) is 24.0. The molecule has 1 aliphatic heterocycles. The number of hydrogen-bond acceptors (Lipinski definition) is 4. The van der Waals surface area contributed by atoms with Crippen molar-refractivity contribution in [3.8, 4) is 0 Å². The van der Waals surface area contributed by atoms with E-state index < -0.39 is 11.2 Å². The molecule has 1 fully saturated rings. The Morgan fingerprint density at radius 1 is 0.628 bits per heavy atom.